The molecule has 0 bridgehead atoms. The van der Waals surface area contributed by atoms with E-state index in [0.29, 0.717) is 0 Å². The first-order valence-corrected chi connectivity index (χ1v) is 11.8. The highest BCUT2D eigenvalue weighted by Crippen LogP contribution is 2.45. The van der Waals surface area contributed by atoms with Crippen molar-refractivity contribution in [3.05, 3.63) is 23.8 Å². The van der Waals surface area contributed by atoms with E-state index in [0.717, 1.165) is 12.2 Å². The average molecular weight is 319 g/mol. The third kappa shape index (κ3) is 4.31. The maximum absolute atomic E-state index is 6.13. The third-order valence-corrected chi connectivity index (χ3v) is 5.28. The van der Waals surface area contributed by atoms with Crippen LogP contribution < -0.4 is 4.74 Å². The molecule has 1 nitrogen and oxygen atoms in total. The van der Waals surface area contributed by atoms with Crippen LogP contribution in [0.25, 0.3) is 0 Å². The number of benzene rings is 1. The Morgan fingerprint density at radius 1 is 1.14 bits per heavy atom. The molecule has 1 aromatic rings. The molecule has 0 spiro atoms. The first-order valence-electron chi connectivity index (χ1n) is 7.51. The number of fused-ring (bicyclic) bond motifs is 1. The van der Waals surface area contributed by atoms with Crippen LogP contribution in [0.15, 0.2) is 23.1 Å². The summed E-state index contributed by atoms with van der Waals surface area (Å²) >= 11 is 1.64. The summed E-state index contributed by atoms with van der Waals surface area (Å²) in [5.41, 5.74) is 4.76. The molecule has 1 aromatic carbocycles. The Balaban J connectivity index is 2.29. The highest BCUT2D eigenvalue weighted by molar-refractivity contribution is 8.04. The SMILES string of the molecule is CC1(C)CC(C)(C)c2cc(SC#C[Si](C)(C)C)ccc2O1. The summed E-state index contributed by atoms with van der Waals surface area (Å²) in [7, 11) is -1.29. The summed E-state index contributed by atoms with van der Waals surface area (Å²) in [5, 5.41) is 3.28. The summed E-state index contributed by atoms with van der Waals surface area (Å²) in [6.07, 6.45) is 1.03. The van der Waals surface area contributed by atoms with E-state index < -0.39 is 8.07 Å². The normalized spacial score (nSPS) is 19.0. The summed E-state index contributed by atoms with van der Waals surface area (Å²) in [6, 6.07) is 6.49. The van der Waals surface area contributed by atoms with E-state index in [1.807, 2.05) is 0 Å². The Morgan fingerprint density at radius 2 is 1.81 bits per heavy atom. The van der Waals surface area contributed by atoms with Crippen molar-refractivity contribution >= 4 is 19.8 Å². The first kappa shape index (κ1) is 16.5. The largest absolute Gasteiger partial charge is 0.488 e. The van der Waals surface area contributed by atoms with Gasteiger partial charge in [0.05, 0.1) is 0 Å². The van der Waals surface area contributed by atoms with Crippen molar-refractivity contribution in [1.29, 1.82) is 0 Å². The summed E-state index contributed by atoms with van der Waals surface area (Å²) < 4.78 is 6.13. The molecule has 0 fully saturated rings. The van der Waals surface area contributed by atoms with E-state index in [9.17, 15) is 0 Å². The molecule has 3 heteroatoms. The van der Waals surface area contributed by atoms with Crippen molar-refractivity contribution < 1.29 is 4.74 Å². The quantitative estimate of drug-likeness (QED) is 0.386. The lowest BCUT2D eigenvalue weighted by Crippen LogP contribution is -2.41. The van der Waals surface area contributed by atoms with Gasteiger partial charge in [-0.2, -0.15) is 0 Å². The second-order valence-corrected chi connectivity index (χ2v) is 13.8. The zero-order valence-corrected chi connectivity index (χ0v) is 16.1. The summed E-state index contributed by atoms with van der Waals surface area (Å²) in [5.74, 6) is 1.03. The van der Waals surface area contributed by atoms with Gasteiger partial charge in [-0.3, -0.25) is 0 Å². The molecule has 0 aliphatic carbocycles. The van der Waals surface area contributed by atoms with E-state index in [4.69, 9.17) is 4.74 Å². The molecule has 21 heavy (non-hydrogen) atoms. The molecule has 0 saturated heterocycles. The highest BCUT2D eigenvalue weighted by atomic mass is 32.2. The first-order chi connectivity index (χ1) is 9.49. The van der Waals surface area contributed by atoms with Gasteiger partial charge in [-0.25, -0.2) is 0 Å². The fourth-order valence-corrected chi connectivity index (χ4v) is 4.78. The third-order valence-electron chi connectivity index (χ3n) is 3.53. The zero-order chi connectivity index (χ0) is 15.9. The monoisotopic (exact) mass is 318 g/mol. The Labute approximate surface area is 134 Å². The molecule has 0 N–H and O–H groups in total. The molecule has 2 rings (SSSR count). The van der Waals surface area contributed by atoms with Gasteiger partial charge in [0.2, 0.25) is 0 Å². The highest BCUT2D eigenvalue weighted by Gasteiger charge is 2.38. The Hall–Kier alpha value is -0.853. The van der Waals surface area contributed by atoms with Crippen molar-refractivity contribution in [3.63, 3.8) is 0 Å². The molecule has 0 atom stereocenters. The molecule has 1 heterocycles. The van der Waals surface area contributed by atoms with Crippen molar-refractivity contribution in [2.45, 2.75) is 69.7 Å². The maximum atomic E-state index is 6.13. The van der Waals surface area contributed by atoms with E-state index in [-0.39, 0.29) is 11.0 Å². The molecule has 114 valence electrons. The van der Waals surface area contributed by atoms with Crippen LogP contribution in [0.2, 0.25) is 19.6 Å². The second kappa shape index (κ2) is 5.41. The van der Waals surface area contributed by atoms with Crippen LogP contribution in [-0.2, 0) is 5.41 Å². The number of rotatable bonds is 1. The van der Waals surface area contributed by atoms with Crippen molar-refractivity contribution in [1.82, 2.24) is 0 Å². The topological polar surface area (TPSA) is 9.23 Å². The molecule has 1 aliphatic heterocycles. The fraction of sp³-hybridized carbons (Fsp3) is 0.556. The van der Waals surface area contributed by atoms with Gasteiger partial charge in [0.1, 0.15) is 19.4 Å². The van der Waals surface area contributed by atoms with Crippen LogP contribution in [0.5, 0.6) is 5.75 Å². The fourth-order valence-electron chi connectivity index (χ4n) is 2.92. The Kier molecular flexibility index (Phi) is 4.25. The average Bonchev–Trinajstić information content (AvgIpc) is 2.25. The molecule has 0 radical (unpaired) electrons. The van der Waals surface area contributed by atoms with Crippen LogP contribution in [0.1, 0.15) is 39.7 Å². The standard InChI is InChI=1S/C18H26OSSi/c1-17(2)13-18(3,4)19-16-9-8-14(12-15(16)17)20-10-11-21(5,6)7/h8-9,12H,13H2,1-7H3. The van der Waals surface area contributed by atoms with Crippen LogP contribution in [0, 0.1) is 10.8 Å². The zero-order valence-electron chi connectivity index (χ0n) is 14.3. The van der Waals surface area contributed by atoms with Gasteiger partial charge < -0.3 is 4.74 Å². The van der Waals surface area contributed by atoms with Crippen LogP contribution in [0.4, 0.5) is 0 Å². The molecule has 0 unspecified atom stereocenters. The number of thioether (sulfide) groups is 1. The number of ether oxygens (including phenoxy) is 1. The van der Waals surface area contributed by atoms with Crippen LogP contribution in [0.3, 0.4) is 0 Å². The van der Waals surface area contributed by atoms with Gasteiger partial charge in [0.25, 0.3) is 0 Å². The summed E-state index contributed by atoms with van der Waals surface area (Å²) in [4.78, 5) is 1.22. The van der Waals surface area contributed by atoms with Crippen molar-refractivity contribution in [3.8, 4) is 16.5 Å². The molecule has 0 amide bonds. The Bertz CT molecular complexity index is 600. The molecular formula is C18H26OSSi. The number of hydrogen-bond acceptors (Lipinski definition) is 2. The van der Waals surface area contributed by atoms with E-state index >= 15 is 0 Å². The predicted octanol–water partition coefficient (Wildman–Crippen LogP) is 5.46. The molecule has 0 aromatic heterocycles. The predicted molar refractivity (Wildman–Crippen MR) is 95.8 cm³/mol. The van der Waals surface area contributed by atoms with Crippen LogP contribution >= 0.6 is 11.8 Å². The van der Waals surface area contributed by atoms with E-state index in [1.54, 1.807) is 11.8 Å². The maximum Gasteiger partial charge on any atom is 0.130 e. The van der Waals surface area contributed by atoms with Crippen LogP contribution in [-0.4, -0.2) is 13.7 Å². The molecule has 1 aliphatic rings. The minimum Gasteiger partial charge on any atom is -0.488 e. The minimum absolute atomic E-state index is 0.0944. The lowest BCUT2D eigenvalue weighted by Gasteiger charge is -2.42. The lowest BCUT2D eigenvalue weighted by molar-refractivity contribution is 0.0532. The van der Waals surface area contributed by atoms with Gasteiger partial charge in [0, 0.05) is 10.5 Å². The lowest BCUT2D eigenvalue weighted by atomic mass is 9.74. The van der Waals surface area contributed by atoms with Crippen molar-refractivity contribution in [2.75, 3.05) is 0 Å². The van der Waals surface area contributed by atoms with E-state index in [1.165, 1.54) is 10.5 Å². The van der Waals surface area contributed by atoms with Gasteiger partial charge >= 0.3 is 0 Å². The molecular weight excluding hydrogens is 292 g/mol. The molecule has 0 saturated carbocycles. The van der Waals surface area contributed by atoms with Gasteiger partial charge in [-0.1, -0.05) is 33.5 Å². The van der Waals surface area contributed by atoms with Gasteiger partial charge in [0.15, 0.2) is 0 Å². The number of hydrogen-bond donors (Lipinski definition) is 0. The van der Waals surface area contributed by atoms with Crippen molar-refractivity contribution in [2.24, 2.45) is 0 Å². The van der Waals surface area contributed by atoms with E-state index in [2.05, 4.69) is 76.3 Å². The van der Waals surface area contributed by atoms with Gasteiger partial charge in [-0.05, 0) is 60.9 Å². The Morgan fingerprint density at radius 3 is 2.43 bits per heavy atom. The minimum atomic E-state index is -1.29. The smallest absolute Gasteiger partial charge is 0.130 e. The van der Waals surface area contributed by atoms with Gasteiger partial charge in [-0.15, -0.1) is 5.54 Å². The summed E-state index contributed by atoms with van der Waals surface area (Å²) in [6.45, 7) is 15.8. The second-order valence-electron chi connectivity index (χ2n) is 8.16.